The van der Waals surface area contributed by atoms with Crippen LogP contribution < -0.4 is 5.69 Å². The van der Waals surface area contributed by atoms with Crippen LogP contribution in [0, 0.1) is 4.64 Å². The fourth-order valence-electron chi connectivity index (χ4n) is 1.92. The van der Waals surface area contributed by atoms with Gasteiger partial charge in [0.05, 0.1) is 6.33 Å². The SMILES string of the molecule is O=c1[nH]c(=S)c2[nH]cnc2n1C(Cl)c1ccccc1. The Hall–Kier alpha value is -1.92. The molecule has 19 heavy (non-hydrogen) atoms. The topological polar surface area (TPSA) is 66.5 Å². The first-order valence-electron chi connectivity index (χ1n) is 5.55. The number of aromatic nitrogens is 4. The number of fused-ring (bicyclic) bond motifs is 1. The average molecular weight is 293 g/mol. The lowest BCUT2D eigenvalue weighted by Gasteiger charge is -2.13. The third-order valence-electron chi connectivity index (χ3n) is 2.82. The quantitative estimate of drug-likeness (QED) is 0.563. The molecule has 0 bridgehead atoms. The number of rotatable bonds is 2. The Bertz CT molecular complexity index is 836. The number of hydrogen-bond donors (Lipinski definition) is 2. The molecule has 0 fully saturated rings. The van der Waals surface area contributed by atoms with Crippen LogP contribution >= 0.6 is 23.8 Å². The molecule has 2 N–H and O–H groups in total. The summed E-state index contributed by atoms with van der Waals surface area (Å²) < 4.78 is 1.70. The largest absolute Gasteiger partial charge is 0.341 e. The van der Waals surface area contributed by atoms with Gasteiger partial charge in [0, 0.05) is 0 Å². The van der Waals surface area contributed by atoms with E-state index in [1.165, 1.54) is 10.9 Å². The van der Waals surface area contributed by atoms with Gasteiger partial charge in [0.1, 0.15) is 15.7 Å². The highest BCUT2D eigenvalue weighted by atomic mass is 35.5. The third kappa shape index (κ3) is 1.98. The van der Waals surface area contributed by atoms with E-state index >= 15 is 0 Å². The summed E-state index contributed by atoms with van der Waals surface area (Å²) in [5.74, 6) is 0. The lowest BCUT2D eigenvalue weighted by Crippen LogP contribution is -2.26. The number of H-pyrrole nitrogens is 2. The van der Waals surface area contributed by atoms with Gasteiger partial charge in [-0.25, -0.2) is 9.78 Å². The van der Waals surface area contributed by atoms with Crippen LogP contribution in [-0.2, 0) is 0 Å². The van der Waals surface area contributed by atoms with Crippen molar-refractivity contribution in [3.8, 4) is 0 Å². The number of benzene rings is 1. The molecule has 0 amide bonds. The molecule has 7 heteroatoms. The number of halogens is 1. The third-order valence-corrected chi connectivity index (χ3v) is 3.57. The minimum atomic E-state index is -0.647. The van der Waals surface area contributed by atoms with E-state index in [1.807, 2.05) is 30.3 Å². The molecule has 0 saturated heterocycles. The zero-order chi connectivity index (χ0) is 13.4. The molecule has 2 heterocycles. The molecule has 0 radical (unpaired) electrons. The van der Waals surface area contributed by atoms with Crippen LogP contribution in [-0.4, -0.2) is 19.5 Å². The Morgan fingerprint density at radius 3 is 2.79 bits per heavy atom. The van der Waals surface area contributed by atoms with Crippen LogP contribution in [0.5, 0.6) is 0 Å². The van der Waals surface area contributed by atoms with Gasteiger partial charge in [-0.2, -0.15) is 0 Å². The summed E-state index contributed by atoms with van der Waals surface area (Å²) in [5, 5.41) is 0. The van der Waals surface area contributed by atoms with Gasteiger partial charge in [0.15, 0.2) is 5.65 Å². The number of nitrogens with one attached hydrogen (secondary N) is 2. The summed E-state index contributed by atoms with van der Waals surface area (Å²) in [6.07, 6.45) is 1.48. The molecule has 2 aromatic heterocycles. The Morgan fingerprint density at radius 2 is 2.05 bits per heavy atom. The smallest absolute Gasteiger partial charge is 0.329 e. The van der Waals surface area contributed by atoms with Crippen LogP contribution in [0.4, 0.5) is 0 Å². The highest BCUT2D eigenvalue weighted by molar-refractivity contribution is 7.71. The molecule has 1 unspecified atom stereocenters. The Balaban J connectivity index is 2.29. The van der Waals surface area contributed by atoms with E-state index in [1.54, 1.807) is 0 Å². The Kier molecular flexibility index (Phi) is 2.96. The minimum absolute atomic E-state index is 0.325. The normalized spacial score (nSPS) is 12.7. The maximum Gasteiger partial charge on any atom is 0.329 e. The van der Waals surface area contributed by atoms with E-state index in [0.717, 1.165) is 5.56 Å². The van der Waals surface area contributed by atoms with Gasteiger partial charge < -0.3 is 4.98 Å². The fourth-order valence-corrected chi connectivity index (χ4v) is 2.49. The fraction of sp³-hybridized carbons (Fsp3) is 0.0833. The molecule has 3 rings (SSSR count). The first-order valence-corrected chi connectivity index (χ1v) is 6.40. The predicted molar refractivity (Wildman–Crippen MR) is 76.0 cm³/mol. The molecule has 1 atom stereocenters. The van der Waals surface area contributed by atoms with E-state index in [9.17, 15) is 4.79 Å². The molecule has 1 aromatic carbocycles. The standard InChI is InChI=1S/C12H9ClN4OS/c13-9(7-4-2-1-3-5-7)17-10-8(14-6-15-10)11(19)16-12(17)18/h1-6,9H,(H,14,15)(H,16,18,19). The Morgan fingerprint density at radius 1 is 1.32 bits per heavy atom. The maximum absolute atomic E-state index is 12.1. The van der Waals surface area contributed by atoms with Crippen LogP contribution in [0.25, 0.3) is 11.2 Å². The highest BCUT2D eigenvalue weighted by Crippen LogP contribution is 2.23. The number of alkyl halides is 1. The van der Waals surface area contributed by atoms with Crippen molar-refractivity contribution in [3.05, 3.63) is 57.3 Å². The van der Waals surface area contributed by atoms with Crippen molar-refractivity contribution in [1.82, 2.24) is 19.5 Å². The van der Waals surface area contributed by atoms with E-state index < -0.39 is 5.50 Å². The van der Waals surface area contributed by atoms with Gasteiger partial charge >= 0.3 is 5.69 Å². The monoisotopic (exact) mass is 292 g/mol. The van der Waals surface area contributed by atoms with Gasteiger partial charge in [0.2, 0.25) is 0 Å². The molecule has 3 aromatic rings. The first kappa shape index (κ1) is 12.1. The maximum atomic E-state index is 12.1. The van der Waals surface area contributed by atoms with E-state index in [0.29, 0.717) is 15.8 Å². The summed E-state index contributed by atoms with van der Waals surface area (Å²) in [4.78, 5) is 21.7. The summed E-state index contributed by atoms with van der Waals surface area (Å²) in [6, 6.07) is 9.32. The second kappa shape index (κ2) is 4.64. The first-order chi connectivity index (χ1) is 9.18. The number of aromatic amines is 2. The van der Waals surface area contributed by atoms with Crippen molar-refractivity contribution in [3.63, 3.8) is 0 Å². The summed E-state index contributed by atoms with van der Waals surface area (Å²) >= 11 is 11.5. The molecule has 0 aliphatic heterocycles. The Labute approximate surface area is 117 Å². The predicted octanol–water partition coefficient (Wildman–Crippen LogP) is 2.57. The van der Waals surface area contributed by atoms with Gasteiger partial charge in [-0.05, 0) is 5.56 Å². The van der Waals surface area contributed by atoms with Gasteiger partial charge in [-0.15, -0.1) is 0 Å². The summed E-state index contributed by atoms with van der Waals surface area (Å²) in [6.45, 7) is 0. The van der Waals surface area contributed by atoms with Crippen molar-refractivity contribution in [2.45, 2.75) is 5.50 Å². The molecule has 0 spiro atoms. The summed E-state index contributed by atoms with van der Waals surface area (Å²) in [7, 11) is 0. The zero-order valence-corrected chi connectivity index (χ0v) is 11.2. The molecule has 0 aliphatic carbocycles. The lowest BCUT2D eigenvalue weighted by atomic mass is 10.2. The van der Waals surface area contributed by atoms with Crippen LogP contribution in [0.2, 0.25) is 0 Å². The molecule has 0 aliphatic rings. The molecule has 5 nitrogen and oxygen atoms in total. The van der Waals surface area contributed by atoms with Crippen molar-refractivity contribution < 1.29 is 0 Å². The average Bonchev–Trinajstić information content (AvgIpc) is 2.89. The lowest BCUT2D eigenvalue weighted by molar-refractivity contribution is 0.725. The van der Waals surface area contributed by atoms with Crippen molar-refractivity contribution in [2.75, 3.05) is 0 Å². The van der Waals surface area contributed by atoms with Crippen LogP contribution in [0.1, 0.15) is 11.1 Å². The van der Waals surface area contributed by atoms with Gasteiger partial charge in [-0.3, -0.25) is 9.55 Å². The summed E-state index contributed by atoms with van der Waals surface area (Å²) in [5.41, 5.74) is 0.815. The van der Waals surface area contributed by atoms with E-state index in [-0.39, 0.29) is 5.69 Å². The van der Waals surface area contributed by atoms with E-state index in [2.05, 4.69) is 15.0 Å². The molecular weight excluding hydrogens is 284 g/mol. The van der Waals surface area contributed by atoms with Gasteiger partial charge in [0.25, 0.3) is 0 Å². The molecular formula is C12H9ClN4OS. The van der Waals surface area contributed by atoms with Crippen molar-refractivity contribution in [2.24, 2.45) is 0 Å². The molecule has 96 valence electrons. The molecule has 0 saturated carbocycles. The van der Waals surface area contributed by atoms with Crippen molar-refractivity contribution >= 4 is 35.0 Å². The second-order valence-corrected chi connectivity index (χ2v) is 4.80. The highest BCUT2D eigenvalue weighted by Gasteiger charge is 2.16. The van der Waals surface area contributed by atoms with Crippen LogP contribution in [0.15, 0.2) is 41.5 Å². The van der Waals surface area contributed by atoms with Gasteiger partial charge in [-0.1, -0.05) is 54.2 Å². The van der Waals surface area contributed by atoms with Crippen LogP contribution in [0.3, 0.4) is 0 Å². The second-order valence-electron chi connectivity index (χ2n) is 3.98. The number of hydrogen-bond acceptors (Lipinski definition) is 3. The number of nitrogens with zero attached hydrogens (tertiary/aromatic N) is 2. The van der Waals surface area contributed by atoms with Crippen molar-refractivity contribution in [1.29, 1.82) is 0 Å². The van der Waals surface area contributed by atoms with E-state index in [4.69, 9.17) is 23.8 Å². The minimum Gasteiger partial charge on any atom is -0.341 e. The zero-order valence-electron chi connectivity index (χ0n) is 9.63. The number of imidazole rings is 1.